The van der Waals surface area contributed by atoms with Crippen molar-refractivity contribution in [1.82, 2.24) is 10.3 Å². The maximum Gasteiger partial charge on any atom is 0.261 e. The van der Waals surface area contributed by atoms with Gasteiger partial charge in [-0.2, -0.15) is 0 Å². The van der Waals surface area contributed by atoms with Gasteiger partial charge in [-0.05, 0) is 49.2 Å². The fourth-order valence-electron chi connectivity index (χ4n) is 3.43. The van der Waals surface area contributed by atoms with Gasteiger partial charge >= 0.3 is 0 Å². The summed E-state index contributed by atoms with van der Waals surface area (Å²) in [4.78, 5) is 19.0. The summed E-state index contributed by atoms with van der Waals surface area (Å²) in [6.45, 7) is 1.62. The van der Waals surface area contributed by atoms with Crippen molar-refractivity contribution < 1.29 is 17.6 Å². The Bertz CT molecular complexity index is 1160. The standard InChI is InChI=1S/C21H21FN4O3S2/c22-16-4-2-6-19(14-16)31(28,29)25-18-5-1-3-15(13-18)20(27)24-17-7-10-26(11-8-17)21-23-9-12-30-21/h1-6,9,12-14,17,25H,7-8,10-11H2,(H,24,27). The Kier molecular flexibility index (Phi) is 6.19. The van der Waals surface area contributed by atoms with E-state index in [-0.39, 0.29) is 22.5 Å². The van der Waals surface area contributed by atoms with Gasteiger partial charge in [0.05, 0.1) is 4.90 Å². The van der Waals surface area contributed by atoms with E-state index in [1.165, 1.54) is 24.3 Å². The van der Waals surface area contributed by atoms with E-state index in [1.54, 1.807) is 35.7 Å². The molecule has 0 spiro atoms. The van der Waals surface area contributed by atoms with Crippen LogP contribution in [0.3, 0.4) is 0 Å². The molecule has 1 aliphatic heterocycles. The molecule has 0 aliphatic carbocycles. The largest absolute Gasteiger partial charge is 0.349 e. The Labute approximate surface area is 184 Å². The fourth-order valence-corrected chi connectivity index (χ4v) is 5.21. The number of nitrogens with zero attached hydrogens (tertiary/aromatic N) is 2. The average Bonchev–Trinajstić information content (AvgIpc) is 3.29. The molecule has 2 N–H and O–H groups in total. The van der Waals surface area contributed by atoms with E-state index in [2.05, 4.69) is 19.9 Å². The highest BCUT2D eigenvalue weighted by Gasteiger charge is 2.23. The first-order chi connectivity index (χ1) is 14.9. The van der Waals surface area contributed by atoms with Gasteiger partial charge in [-0.3, -0.25) is 9.52 Å². The molecule has 1 fully saturated rings. The molecule has 1 aromatic heterocycles. The van der Waals surface area contributed by atoms with Gasteiger partial charge in [0.15, 0.2) is 5.13 Å². The predicted molar refractivity (Wildman–Crippen MR) is 118 cm³/mol. The van der Waals surface area contributed by atoms with Crippen LogP contribution in [0.1, 0.15) is 23.2 Å². The van der Waals surface area contributed by atoms with E-state index in [0.29, 0.717) is 5.56 Å². The van der Waals surface area contributed by atoms with E-state index in [4.69, 9.17) is 0 Å². The van der Waals surface area contributed by atoms with Crippen LogP contribution in [0.25, 0.3) is 0 Å². The number of hydrogen-bond acceptors (Lipinski definition) is 6. The van der Waals surface area contributed by atoms with Gasteiger partial charge in [-0.1, -0.05) is 12.1 Å². The van der Waals surface area contributed by atoms with Crippen LogP contribution in [0.15, 0.2) is 65.0 Å². The third-order valence-electron chi connectivity index (χ3n) is 5.00. The number of rotatable bonds is 6. The minimum absolute atomic E-state index is 0.0383. The van der Waals surface area contributed by atoms with Crippen LogP contribution >= 0.6 is 11.3 Å². The maximum absolute atomic E-state index is 13.4. The van der Waals surface area contributed by atoms with Crippen molar-refractivity contribution in [3.63, 3.8) is 0 Å². The van der Waals surface area contributed by atoms with E-state index in [0.717, 1.165) is 37.1 Å². The minimum atomic E-state index is -3.97. The van der Waals surface area contributed by atoms with Crippen LogP contribution in [0.4, 0.5) is 15.2 Å². The van der Waals surface area contributed by atoms with Crippen LogP contribution in [0.5, 0.6) is 0 Å². The summed E-state index contributed by atoms with van der Waals surface area (Å²) in [5.74, 6) is -0.906. The van der Waals surface area contributed by atoms with Crippen molar-refractivity contribution in [1.29, 1.82) is 0 Å². The summed E-state index contributed by atoms with van der Waals surface area (Å²) in [6.07, 6.45) is 3.39. The molecular weight excluding hydrogens is 439 g/mol. The van der Waals surface area contributed by atoms with Gasteiger partial charge in [0.2, 0.25) is 0 Å². The number of sulfonamides is 1. The number of halogens is 1. The van der Waals surface area contributed by atoms with Gasteiger partial charge in [-0.15, -0.1) is 11.3 Å². The maximum atomic E-state index is 13.4. The normalized spacial score (nSPS) is 14.9. The zero-order valence-corrected chi connectivity index (χ0v) is 18.1. The van der Waals surface area contributed by atoms with Gasteiger partial charge < -0.3 is 10.2 Å². The Balaban J connectivity index is 1.38. The lowest BCUT2D eigenvalue weighted by molar-refractivity contribution is 0.0931. The highest BCUT2D eigenvalue weighted by molar-refractivity contribution is 7.92. The van der Waals surface area contributed by atoms with Gasteiger partial charge in [-0.25, -0.2) is 17.8 Å². The number of aromatic nitrogens is 1. The number of piperidine rings is 1. The topological polar surface area (TPSA) is 91.4 Å². The second-order valence-electron chi connectivity index (χ2n) is 7.19. The van der Waals surface area contributed by atoms with Crippen molar-refractivity contribution in [2.45, 2.75) is 23.8 Å². The van der Waals surface area contributed by atoms with Crippen LogP contribution in [0.2, 0.25) is 0 Å². The molecule has 0 atom stereocenters. The molecule has 2 heterocycles. The zero-order chi connectivity index (χ0) is 21.8. The Hall–Kier alpha value is -2.98. The number of benzene rings is 2. The van der Waals surface area contributed by atoms with Crippen molar-refractivity contribution in [3.05, 3.63) is 71.5 Å². The van der Waals surface area contributed by atoms with Crippen molar-refractivity contribution >= 4 is 38.1 Å². The molecule has 0 saturated carbocycles. The molecule has 1 saturated heterocycles. The highest BCUT2D eigenvalue weighted by atomic mass is 32.2. The van der Waals surface area contributed by atoms with Crippen LogP contribution in [0, 0.1) is 5.82 Å². The highest BCUT2D eigenvalue weighted by Crippen LogP contribution is 2.22. The van der Waals surface area contributed by atoms with Crippen LogP contribution < -0.4 is 14.9 Å². The molecule has 1 aliphatic rings. The molecule has 7 nitrogen and oxygen atoms in total. The lowest BCUT2D eigenvalue weighted by Crippen LogP contribution is -2.44. The number of amides is 1. The molecule has 31 heavy (non-hydrogen) atoms. The van der Waals surface area contributed by atoms with E-state index >= 15 is 0 Å². The molecule has 10 heteroatoms. The lowest BCUT2D eigenvalue weighted by atomic mass is 10.0. The monoisotopic (exact) mass is 460 g/mol. The molecule has 0 unspecified atom stereocenters. The molecular formula is C21H21FN4O3S2. The SMILES string of the molecule is O=C(NC1CCN(c2nccs2)CC1)c1cccc(NS(=O)(=O)c2cccc(F)c2)c1. The van der Waals surface area contributed by atoms with Crippen molar-refractivity contribution in [2.75, 3.05) is 22.7 Å². The molecule has 0 radical (unpaired) electrons. The quantitative estimate of drug-likeness (QED) is 0.588. The number of carbonyl (C=O) groups excluding carboxylic acids is 1. The third kappa shape index (κ3) is 5.20. The summed E-state index contributed by atoms with van der Waals surface area (Å²) in [6, 6.07) is 11.0. The number of nitrogens with one attached hydrogen (secondary N) is 2. The average molecular weight is 461 g/mol. The van der Waals surface area contributed by atoms with E-state index < -0.39 is 15.8 Å². The summed E-state index contributed by atoms with van der Waals surface area (Å²) in [7, 11) is -3.97. The first-order valence-electron chi connectivity index (χ1n) is 9.74. The van der Waals surface area contributed by atoms with Gasteiger partial charge in [0.25, 0.3) is 15.9 Å². The molecule has 2 aromatic carbocycles. The van der Waals surface area contributed by atoms with Crippen LogP contribution in [-0.4, -0.2) is 38.4 Å². The number of hydrogen-bond donors (Lipinski definition) is 2. The summed E-state index contributed by atoms with van der Waals surface area (Å²) >= 11 is 1.60. The number of anilines is 2. The third-order valence-corrected chi connectivity index (χ3v) is 7.21. The fraction of sp³-hybridized carbons (Fsp3) is 0.238. The summed E-state index contributed by atoms with van der Waals surface area (Å²) < 4.78 is 40.8. The van der Waals surface area contributed by atoms with Gasteiger partial charge in [0.1, 0.15) is 5.82 Å². The molecule has 3 aromatic rings. The Morgan fingerprint density at radius 1 is 1.13 bits per heavy atom. The Morgan fingerprint density at radius 3 is 2.61 bits per heavy atom. The van der Waals surface area contributed by atoms with Crippen molar-refractivity contribution in [3.8, 4) is 0 Å². The Morgan fingerprint density at radius 2 is 1.90 bits per heavy atom. The van der Waals surface area contributed by atoms with Gasteiger partial charge in [0, 0.05) is 42.0 Å². The van der Waals surface area contributed by atoms with E-state index in [1.807, 2.05) is 5.38 Å². The lowest BCUT2D eigenvalue weighted by Gasteiger charge is -2.32. The minimum Gasteiger partial charge on any atom is -0.349 e. The second-order valence-corrected chi connectivity index (χ2v) is 9.75. The van der Waals surface area contributed by atoms with Crippen molar-refractivity contribution in [2.24, 2.45) is 0 Å². The molecule has 0 bridgehead atoms. The first kappa shape index (κ1) is 21.3. The summed E-state index contributed by atoms with van der Waals surface area (Å²) in [5.41, 5.74) is 0.581. The predicted octanol–water partition coefficient (Wildman–Crippen LogP) is 3.48. The second kappa shape index (κ2) is 9.03. The molecule has 4 rings (SSSR count). The molecule has 162 valence electrons. The number of thiazole rings is 1. The van der Waals surface area contributed by atoms with E-state index in [9.17, 15) is 17.6 Å². The zero-order valence-electron chi connectivity index (χ0n) is 16.5. The molecule has 1 amide bonds. The first-order valence-corrected chi connectivity index (χ1v) is 12.1. The number of carbonyl (C=O) groups is 1. The smallest absolute Gasteiger partial charge is 0.261 e. The van der Waals surface area contributed by atoms with Crippen LogP contribution in [-0.2, 0) is 10.0 Å². The summed E-state index contributed by atoms with van der Waals surface area (Å²) in [5, 5.41) is 5.95.